The van der Waals surface area contributed by atoms with Crippen LogP contribution in [0.25, 0.3) is 0 Å². The van der Waals surface area contributed by atoms with Crippen LogP contribution in [0.2, 0.25) is 0 Å². The fourth-order valence-electron chi connectivity index (χ4n) is 3.82. The van der Waals surface area contributed by atoms with E-state index in [1.807, 2.05) is 0 Å². The quantitative estimate of drug-likeness (QED) is 0.276. The Kier molecular flexibility index (Phi) is 14.4. The number of phenolic OH excluding ortho intramolecular Hbond substituents is 1. The monoisotopic (exact) mass is 360 g/mol. The number of hydrogen-bond donors (Lipinski definition) is 1. The minimum atomic E-state index is 0.369. The van der Waals surface area contributed by atoms with Crippen LogP contribution in [0.5, 0.6) is 5.75 Å². The molecule has 1 rings (SSSR count). The molecule has 1 N–H and O–H groups in total. The molecule has 0 saturated carbocycles. The molecule has 0 aliphatic carbocycles. The Morgan fingerprint density at radius 3 is 1.54 bits per heavy atom. The van der Waals surface area contributed by atoms with Crippen molar-refractivity contribution in [3.63, 3.8) is 0 Å². The second-order valence-corrected chi connectivity index (χ2v) is 8.36. The van der Waals surface area contributed by atoms with Crippen LogP contribution in [0.3, 0.4) is 0 Å². The molecule has 1 aromatic rings. The Balaban J connectivity index is 1.82. The van der Waals surface area contributed by atoms with Gasteiger partial charge in [-0.2, -0.15) is 0 Å². The van der Waals surface area contributed by atoms with Crippen molar-refractivity contribution in [2.24, 2.45) is 5.92 Å². The Morgan fingerprint density at radius 1 is 0.654 bits per heavy atom. The third-order valence-corrected chi connectivity index (χ3v) is 5.57. The van der Waals surface area contributed by atoms with Crippen LogP contribution in [0, 0.1) is 5.92 Å². The highest BCUT2D eigenvalue weighted by Crippen LogP contribution is 2.19. The molecular weight excluding hydrogens is 316 g/mol. The van der Waals surface area contributed by atoms with Crippen molar-refractivity contribution < 1.29 is 5.11 Å². The number of unbranched alkanes of at least 4 members (excludes halogenated alkanes) is 13. The first-order valence-corrected chi connectivity index (χ1v) is 11.5. The molecule has 0 aliphatic heterocycles. The van der Waals surface area contributed by atoms with E-state index in [4.69, 9.17) is 0 Å². The third kappa shape index (κ3) is 13.3. The number of phenols is 1. The Labute approximate surface area is 163 Å². The zero-order chi connectivity index (χ0) is 18.9. The maximum Gasteiger partial charge on any atom is 0.115 e. The molecule has 0 aromatic heterocycles. The van der Waals surface area contributed by atoms with Crippen LogP contribution < -0.4 is 0 Å². The van der Waals surface area contributed by atoms with Crippen LogP contribution in [0.15, 0.2) is 24.3 Å². The van der Waals surface area contributed by atoms with E-state index in [9.17, 15) is 5.11 Å². The zero-order valence-electron chi connectivity index (χ0n) is 17.6. The van der Waals surface area contributed by atoms with Gasteiger partial charge < -0.3 is 5.11 Å². The fourth-order valence-corrected chi connectivity index (χ4v) is 3.82. The lowest BCUT2D eigenvalue weighted by Gasteiger charge is -2.11. The van der Waals surface area contributed by atoms with Crippen molar-refractivity contribution >= 4 is 0 Å². The first-order chi connectivity index (χ1) is 12.7. The second-order valence-electron chi connectivity index (χ2n) is 8.36. The summed E-state index contributed by atoms with van der Waals surface area (Å²) in [7, 11) is 0. The molecule has 0 bridgehead atoms. The van der Waals surface area contributed by atoms with Crippen LogP contribution in [-0.2, 0) is 6.42 Å². The van der Waals surface area contributed by atoms with Crippen LogP contribution >= 0.6 is 0 Å². The van der Waals surface area contributed by atoms with E-state index < -0.39 is 0 Å². The van der Waals surface area contributed by atoms with E-state index in [1.165, 1.54) is 102 Å². The SMILES string of the molecule is CCCCCCCCCCCCCCCCC(C)Cc1ccc(O)cc1. The summed E-state index contributed by atoms with van der Waals surface area (Å²) in [6.07, 6.45) is 22.5. The maximum atomic E-state index is 9.34. The summed E-state index contributed by atoms with van der Waals surface area (Å²) in [6, 6.07) is 7.71. The summed E-state index contributed by atoms with van der Waals surface area (Å²) >= 11 is 0. The van der Waals surface area contributed by atoms with E-state index in [0.717, 1.165) is 12.3 Å². The van der Waals surface area contributed by atoms with Gasteiger partial charge >= 0.3 is 0 Å². The molecule has 1 nitrogen and oxygen atoms in total. The van der Waals surface area contributed by atoms with E-state index in [0.29, 0.717) is 5.75 Å². The zero-order valence-corrected chi connectivity index (χ0v) is 17.6. The third-order valence-electron chi connectivity index (χ3n) is 5.57. The lowest BCUT2D eigenvalue weighted by atomic mass is 9.95. The van der Waals surface area contributed by atoms with Gasteiger partial charge in [0.2, 0.25) is 0 Å². The highest BCUT2D eigenvalue weighted by molar-refractivity contribution is 5.26. The van der Waals surface area contributed by atoms with Crippen LogP contribution in [-0.4, -0.2) is 5.11 Å². The van der Waals surface area contributed by atoms with E-state index >= 15 is 0 Å². The van der Waals surface area contributed by atoms with Crippen LogP contribution in [0.4, 0.5) is 0 Å². The van der Waals surface area contributed by atoms with Crippen molar-refractivity contribution in [1.29, 1.82) is 0 Å². The van der Waals surface area contributed by atoms with Gasteiger partial charge in [0, 0.05) is 0 Å². The van der Waals surface area contributed by atoms with E-state index in [2.05, 4.69) is 26.0 Å². The molecule has 1 unspecified atom stereocenters. The van der Waals surface area contributed by atoms with Gasteiger partial charge in [0.15, 0.2) is 0 Å². The minimum Gasteiger partial charge on any atom is -0.508 e. The molecule has 1 atom stereocenters. The molecule has 1 aromatic carbocycles. The standard InChI is InChI=1S/C25H44O/c1-3-4-5-6-7-8-9-10-11-12-13-14-15-16-17-23(2)22-24-18-20-25(26)21-19-24/h18-21,23,26H,3-17,22H2,1-2H3. The molecule has 150 valence electrons. The van der Waals surface area contributed by atoms with Gasteiger partial charge in [-0.05, 0) is 30.0 Å². The molecule has 0 radical (unpaired) electrons. The summed E-state index contributed by atoms with van der Waals surface area (Å²) in [5.74, 6) is 1.12. The van der Waals surface area contributed by atoms with Gasteiger partial charge in [-0.3, -0.25) is 0 Å². The molecule has 0 amide bonds. The molecule has 0 heterocycles. The Hall–Kier alpha value is -0.980. The lowest BCUT2D eigenvalue weighted by Crippen LogP contribution is -1.99. The van der Waals surface area contributed by atoms with Crippen LogP contribution in [0.1, 0.15) is 116 Å². The second kappa shape index (κ2) is 16.2. The fraction of sp³-hybridized carbons (Fsp3) is 0.760. The maximum absolute atomic E-state index is 9.34. The molecule has 1 heteroatoms. The van der Waals surface area contributed by atoms with Gasteiger partial charge in [0.1, 0.15) is 5.75 Å². The van der Waals surface area contributed by atoms with Gasteiger partial charge in [0.25, 0.3) is 0 Å². The highest BCUT2D eigenvalue weighted by atomic mass is 16.3. The molecule has 0 aliphatic rings. The summed E-state index contributed by atoms with van der Waals surface area (Å²) in [4.78, 5) is 0. The average molecular weight is 361 g/mol. The number of benzene rings is 1. The van der Waals surface area contributed by atoms with Gasteiger partial charge in [-0.25, -0.2) is 0 Å². The lowest BCUT2D eigenvalue weighted by molar-refractivity contribution is 0.470. The predicted octanol–water partition coefficient (Wildman–Crippen LogP) is 8.44. The number of hydrogen-bond acceptors (Lipinski definition) is 1. The van der Waals surface area contributed by atoms with Crippen molar-refractivity contribution in [1.82, 2.24) is 0 Å². The first kappa shape index (κ1) is 23.1. The van der Waals surface area contributed by atoms with E-state index in [1.54, 1.807) is 12.1 Å². The predicted molar refractivity (Wildman–Crippen MR) is 116 cm³/mol. The van der Waals surface area contributed by atoms with Gasteiger partial charge in [-0.15, -0.1) is 0 Å². The summed E-state index contributed by atoms with van der Waals surface area (Å²) in [6.45, 7) is 4.65. The van der Waals surface area contributed by atoms with Crippen molar-refractivity contribution in [3.8, 4) is 5.75 Å². The molecule has 0 fully saturated rings. The molecule has 0 spiro atoms. The minimum absolute atomic E-state index is 0.369. The van der Waals surface area contributed by atoms with E-state index in [-0.39, 0.29) is 0 Å². The summed E-state index contributed by atoms with van der Waals surface area (Å²) in [5, 5.41) is 9.34. The number of rotatable bonds is 17. The Morgan fingerprint density at radius 2 is 1.08 bits per heavy atom. The van der Waals surface area contributed by atoms with Crippen molar-refractivity contribution in [2.75, 3.05) is 0 Å². The van der Waals surface area contributed by atoms with Crippen molar-refractivity contribution in [2.45, 2.75) is 117 Å². The molecule has 26 heavy (non-hydrogen) atoms. The number of aromatic hydroxyl groups is 1. The molecular formula is C25H44O. The normalized spacial score (nSPS) is 12.4. The van der Waals surface area contributed by atoms with Gasteiger partial charge in [-0.1, -0.05) is 122 Å². The largest absolute Gasteiger partial charge is 0.508 e. The summed E-state index contributed by atoms with van der Waals surface area (Å²) < 4.78 is 0. The average Bonchev–Trinajstić information content (AvgIpc) is 2.64. The first-order valence-electron chi connectivity index (χ1n) is 11.5. The topological polar surface area (TPSA) is 20.2 Å². The smallest absolute Gasteiger partial charge is 0.115 e. The van der Waals surface area contributed by atoms with Gasteiger partial charge in [0.05, 0.1) is 0 Å². The molecule has 0 saturated heterocycles. The highest BCUT2D eigenvalue weighted by Gasteiger charge is 2.04. The summed E-state index contributed by atoms with van der Waals surface area (Å²) in [5.41, 5.74) is 1.35. The Bertz CT molecular complexity index is 409. The van der Waals surface area contributed by atoms with Crippen molar-refractivity contribution in [3.05, 3.63) is 29.8 Å².